The van der Waals surface area contributed by atoms with Crippen LogP contribution in [0.4, 0.5) is 5.69 Å². The van der Waals surface area contributed by atoms with Crippen LogP contribution in [0.5, 0.6) is 0 Å². The second-order valence-corrected chi connectivity index (χ2v) is 70.8. The topological polar surface area (TPSA) is 12.4 Å². The van der Waals surface area contributed by atoms with Gasteiger partial charge in [0.15, 0.2) is 0 Å². The monoisotopic (exact) mass is 1000 g/mol. The fourth-order valence-corrected chi connectivity index (χ4v) is 72.9. The molecule has 0 aliphatic rings. The normalized spacial score (nSPS) is 15.4. The van der Waals surface area contributed by atoms with Crippen LogP contribution in [0.15, 0.2) is 27.4 Å². The van der Waals surface area contributed by atoms with Crippen LogP contribution in [0.1, 0.15) is 106 Å². The number of hydrogen-bond acceptors (Lipinski definition) is 1. The second-order valence-electron chi connectivity index (χ2n) is 28.7. The van der Waals surface area contributed by atoms with Gasteiger partial charge in [0, 0.05) is 0 Å². The zero-order valence-corrected chi connectivity index (χ0v) is 53.4. The third-order valence-electron chi connectivity index (χ3n) is 12.9. The Morgan fingerprint density at radius 1 is 0.404 bits per heavy atom. The van der Waals surface area contributed by atoms with Crippen molar-refractivity contribution in [2.75, 3.05) is 0 Å². The molecule has 2 rings (SSSR count). The molecule has 0 spiro atoms. The van der Waals surface area contributed by atoms with Gasteiger partial charge in [-0.15, -0.1) is 0 Å². The summed E-state index contributed by atoms with van der Waals surface area (Å²) in [7, 11) is -12.0. The van der Waals surface area contributed by atoms with Crippen molar-refractivity contribution in [3.63, 3.8) is 0 Å². The molecule has 0 heterocycles. The van der Waals surface area contributed by atoms with Crippen LogP contribution in [0.25, 0.3) is 0 Å². The third-order valence-corrected chi connectivity index (χ3v) is 55.5. The molecule has 2 aromatic carbocycles. The standard InChI is InChI=1S/C30H67Si7.C18H29N.Sb/c1-31(2,3)28(32(4,5)6)25-22-26(29(33(7,8)9)34(10,11)12)24-27(23-25)30(35(13,14)15,36(16,17)18)37(19,20)21;1-16(2,3)12-10-13(17(4,5)6)15(19)14(11-12)18(7,8)9;/h23-24,28-29H,1-21H3;10-11H,1-9H3;. The van der Waals surface area contributed by atoms with E-state index in [1.54, 1.807) is 9.07 Å². The zero-order chi connectivity index (χ0) is 45.5. The predicted octanol–water partition coefficient (Wildman–Crippen LogP) is 16.0. The van der Waals surface area contributed by atoms with Crippen LogP contribution in [-0.4, -0.2) is 78.0 Å². The molecular formula is C48H96NSbSi7. The van der Waals surface area contributed by atoms with Crippen molar-refractivity contribution in [1.82, 2.24) is 0 Å². The Morgan fingerprint density at radius 3 is 0.895 bits per heavy atom. The zero-order valence-electron chi connectivity index (χ0n) is 43.9. The second kappa shape index (κ2) is 16.6. The summed E-state index contributed by atoms with van der Waals surface area (Å²) in [5.41, 5.74) is 11.2. The molecular weight excluding hydrogens is 909 g/mol. The van der Waals surface area contributed by atoms with Crippen LogP contribution in [0.2, 0.25) is 137 Å². The van der Waals surface area contributed by atoms with Gasteiger partial charge in [0.1, 0.15) is 0 Å². The van der Waals surface area contributed by atoms with E-state index >= 15 is 0 Å². The Bertz CT molecular complexity index is 1620. The van der Waals surface area contributed by atoms with Crippen molar-refractivity contribution >= 4 is 87.2 Å². The molecule has 57 heavy (non-hydrogen) atoms. The van der Waals surface area contributed by atoms with Gasteiger partial charge in [0.2, 0.25) is 0 Å². The van der Waals surface area contributed by atoms with Crippen molar-refractivity contribution in [2.24, 2.45) is 3.09 Å². The minimum atomic E-state index is -1.76. The van der Waals surface area contributed by atoms with Crippen LogP contribution >= 0.6 is 0 Å². The molecule has 0 N–H and O–H groups in total. The van der Waals surface area contributed by atoms with Gasteiger partial charge in [0.05, 0.1) is 0 Å². The van der Waals surface area contributed by atoms with Crippen molar-refractivity contribution in [3.05, 3.63) is 57.6 Å². The van der Waals surface area contributed by atoms with Gasteiger partial charge in [-0.05, 0) is 0 Å². The average molecular weight is 1010 g/mol. The van der Waals surface area contributed by atoms with Crippen molar-refractivity contribution in [2.45, 2.75) is 231 Å². The summed E-state index contributed by atoms with van der Waals surface area (Å²) in [6.07, 6.45) is 0. The van der Waals surface area contributed by atoms with Gasteiger partial charge in [-0.3, -0.25) is 0 Å². The Balaban J connectivity index is 3.73. The SMILES string of the molecule is CC(C)(C)c1cc(C(C)(C)C)c([N]=[Sb][c]2c(C([Si](C)(C)C)[Si](C)(C)C)cc(C([Si](C)(C)C)([Si](C)(C)C)[Si](C)(C)C)cc2C([Si](C)(C)C)[Si](C)(C)C)c(C(C)(C)C)c1. The van der Waals surface area contributed by atoms with Crippen molar-refractivity contribution in [1.29, 1.82) is 0 Å². The van der Waals surface area contributed by atoms with Crippen molar-refractivity contribution in [3.8, 4) is 0 Å². The molecule has 2 aromatic rings. The molecule has 0 saturated heterocycles. The van der Waals surface area contributed by atoms with E-state index in [0.29, 0.717) is 14.6 Å². The van der Waals surface area contributed by atoms with Gasteiger partial charge in [-0.2, -0.15) is 0 Å². The first-order chi connectivity index (χ1) is 24.6. The van der Waals surface area contributed by atoms with E-state index in [0.717, 1.165) is 0 Å². The fourth-order valence-electron chi connectivity index (χ4n) is 13.0. The minimum absolute atomic E-state index is 0.00419. The van der Waals surface area contributed by atoms with E-state index in [4.69, 9.17) is 3.09 Å². The molecule has 0 aromatic heterocycles. The Labute approximate surface area is 375 Å². The van der Waals surface area contributed by atoms with Gasteiger partial charge in [-0.1, -0.05) is 0 Å². The molecule has 0 radical (unpaired) electrons. The fraction of sp³-hybridized carbons (Fsp3) is 0.750. The van der Waals surface area contributed by atoms with E-state index in [1.165, 1.54) is 22.4 Å². The van der Waals surface area contributed by atoms with Gasteiger partial charge >= 0.3 is 379 Å². The van der Waals surface area contributed by atoms with Crippen LogP contribution < -0.4 is 3.51 Å². The maximum atomic E-state index is 6.22. The third kappa shape index (κ3) is 11.6. The van der Waals surface area contributed by atoms with E-state index in [1.807, 2.05) is 11.1 Å². The van der Waals surface area contributed by atoms with Gasteiger partial charge in [0.25, 0.3) is 0 Å². The molecule has 326 valence electrons. The number of benzene rings is 2. The summed E-state index contributed by atoms with van der Waals surface area (Å²) in [6.45, 7) is 79.1. The van der Waals surface area contributed by atoms with E-state index < -0.39 is 78.0 Å². The molecule has 0 fully saturated rings. The summed E-state index contributed by atoms with van der Waals surface area (Å²) in [5, 5.41) is 1.37. The number of rotatable bonds is 12. The quantitative estimate of drug-likeness (QED) is 0.188. The number of hydrogen-bond donors (Lipinski definition) is 0. The summed E-state index contributed by atoms with van der Waals surface area (Å²) >= 11 is -1.26. The average Bonchev–Trinajstić information content (AvgIpc) is 2.85. The first kappa shape index (κ1) is 53.7. The van der Waals surface area contributed by atoms with Gasteiger partial charge in [-0.25, -0.2) is 0 Å². The number of nitrogens with zero attached hydrogens (tertiary/aromatic N) is 1. The molecule has 0 amide bonds. The summed E-state index contributed by atoms with van der Waals surface area (Å²) in [4.78, 5) is 0. The van der Waals surface area contributed by atoms with E-state index in [-0.39, 0.29) is 16.2 Å². The van der Waals surface area contributed by atoms with Crippen LogP contribution in [0.3, 0.4) is 0 Å². The Hall–Kier alpha value is 0.576. The molecule has 0 aliphatic carbocycles. The molecule has 9 heteroatoms. The molecule has 0 unspecified atom stereocenters. The summed E-state index contributed by atoms with van der Waals surface area (Å²) in [6, 6.07) is 11.1. The van der Waals surface area contributed by atoms with Crippen molar-refractivity contribution < 1.29 is 0 Å². The first-order valence-electron chi connectivity index (χ1n) is 22.4. The van der Waals surface area contributed by atoms with E-state index in [2.05, 4.69) is 224 Å². The van der Waals surface area contributed by atoms with Crippen LogP contribution in [0, 0.1) is 0 Å². The Kier molecular flexibility index (Phi) is 15.7. The summed E-state index contributed by atoms with van der Waals surface area (Å²) in [5.74, 6) is 0. The molecule has 0 atom stereocenters. The van der Waals surface area contributed by atoms with Gasteiger partial charge < -0.3 is 0 Å². The maximum absolute atomic E-state index is 6.22. The molecule has 0 bridgehead atoms. The van der Waals surface area contributed by atoms with Crippen LogP contribution in [-0.2, 0) is 20.5 Å². The molecule has 0 aliphatic heterocycles. The molecule has 1 nitrogen and oxygen atoms in total. The molecule has 0 saturated carbocycles. The predicted molar refractivity (Wildman–Crippen MR) is 287 cm³/mol. The van der Waals surface area contributed by atoms with E-state index in [9.17, 15) is 0 Å². The Morgan fingerprint density at radius 2 is 0.684 bits per heavy atom. The first-order valence-corrected chi connectivity index (χ1v) is 49.7. The summed E-state index contributed by atoms with van der Waals surface area (Å²) < 4.78 is 8.35.